The molecule has 0 saturated carbocycles. The van der Waals surface area contributed by atoms with Gasteiger partial charge in [-0.2, -0.15) is 4.31 Å². The van der Waals surface area contributed by atoms with E-state index in [0.29, 0.717) is 12.8 Å². The van der Waals surface area contributed by atoms with E-state index in [9.17, 15) is 13.2 Å². The zero-order valence-electron chi connectivity index (χ0n) is 12.4. The van der Waals surface area contributed by atoms with Gasteiger partial charge in [0.05, 0.1) is 4.90 Å². The summed E-state index contributed by atoms with van der Waals surface area (Å²) in [4.78, 5) is 13.2. The molecule has 1 N–H and O–H groups in total. The van der Waals surface area contributed by atoms with Gasteiger partial charge in [-0.25, -0.2) is 8.42 Å². The van der Waals surface area contributed by atoms with Crippen LogP contribution in [0.25, 0.3) is 0 Å². The van der Waals surface area contributed by atoms with Gasteiger partial charge in [-0.1, -0.05) is 6.07 Å². The van der Waals surface area contributed by atoms with Crippen LogP contribution in [0.1, 0.15) is 18.4 Å². The average molecular weight is 312 g/mol. The van der Waals surface area contributed by atoms with E-state index < -0.39 is 22.0 Å². The Hall–Kier alpha value is -1.60. The minimum Gasteiger partial charge on any atom is -0.480 e. The number of anilines is 1. The Balaban J connectivity index is 2.45. The second-order valence-electron chi connectivity index (χ2n) is 5.45. The van der Waals surface area contributed by atoms with Gasteiger partial charge in [0.25, 0.3) is 0 Å². The number of hydrogen-bond donors (Lipinski definition) is 1. The van der Waals surface area contributed by atoms with E-state index in [-0.39, 0.29) is 11.4 Å². The molecule has 0 radical (unpaired) electrons. The zero-order chi connectivity index (χ0) is 15.8. The van der Waals surface area contributed by atoms with Gasteiger partial charge >= 0.3 is 5.97 Å². The fourth-order valence-electron chi connectivity index (χ4n) is 2.64. The topological polar surface area (TPSA) is 77.9 Å². The Morgan fingerprint density at radius 3 is 2.62 bits per heavy atom. The third-order valence-electron chi connectivity index (χ3n) is 3.76. The number of sulfonamides is 1. The molecule has 1 heterocycles. The van der Waals surface area contributed by atoms with Crippen LogP contribution in [0.5, 0.6) is 0 Å². The number of carbonyl (C=O) groups is 1. The van der Waals surface area contributed by atoms with Crippen molar-refractivity contribution in [3.63, 3.8) is 0 Å². The summed E-state index contributed by atoms with van der Waals surface area (Å²) in [5.41, 5.74) is 1.78. The van der Waals surface area contributed by atoms with Crippen LogP contribution in [-0.2, 0) is 14.8 Å². The highest BCUT2D eigenvalue weighted by Crippen LogP contribution is 2.29. The Bertz CT molecular complexity index is 655. The minimum atomic E-state index is -3.78. The second-order valence-corrected chi connectivity index (χ2v) is 7.35. The fourth-order valence-corrected chi connectivity index (χ4v) is 4.31. The van der Waals surface area contributed by atoms with E-state index in [1.165, 1.54) is 6.07 Å². The van der Waals surface area contributed by atoms with Crippen LogP contribution in [0.2, 0.25) is 0 Å². The van der Waals surface area contributed by atoms with E-state index in [4.69, 9.17) is 5.11 Å². The van der Waals surface area contributed by atoms with Gasteiger partial charge < -0.3 is 10.0 Å². The standard InChI is InChI=1S/C14H20N2O4S/c1-10-6-7-11(9-13(10)15(2)3)21(19,20)16-8-4-5-12(16)14(17)18/h6-7,9,12H,4-5,8H2,1-3H3,(H,17,18)/t12-/m0/s1. The number of aryl methyl sites for hydroxylation is 1. The van der Waals surface area contributed by atoms with Gasteiger partial charge in [-0.3, -0.25) is 4.79 Å². The van der Waals surface area contributed by atoms with Crippen molar-refractivity contribution in [3.8, 4) is 0 Å². The molecule has 1 aliphatic heterocycles. The number of carboxylic acids is 1. The Labute approximate surface area is 125 Å². The summed E-state index contributed by atoms with van der Waals surface area (Å²) < 4.78 is 26.5. The molecule has 2 rings (SSSR count). The number of carboxylic acid groups (broad SMARTS) is 1. The van der Waals surface area contributed by atoms with Crippen molar-refractivity contribution >= 4 is 21.7 Å². The quantitative estimate of drug-likeness (QED) is 0.906. The summed E-state index contributed by atoms with van der Waals surface area (Å²) in [6.07, 6.45) is 0.934. The maximum absolute atomic E-state index is 12.7. The third kappa shape index (κ3) is 2.89. The smallest absolute Gasteiger partial charge is 0.322 e. The summed E-state index contributed by atoms with van der Waals surface area (Å²) in [6, 6.07) is 3.92. The summed E-state index contributed by atoms with van der Waals surface area (Å²) in [5, 5.41) is 9.17. The van der Waals surface area contributed by atoms with Gasteiger partial charge in [0.2, 0.25) is 10.0 Å². The van der Waals surface area contributed by atoms with E-state index in [1.807, 2.05) is 25.9 Å². The minimum absolute atomic E-state index is 0.143. The predicted molar refractivity (Wildman–Crippen MR) is 80.1 cm³/mol. The lowest BCUT2D eigenvalue weighted by Gasteiger charge is -2.23. The Morgan fingerprint density at radius 2 is 2.05 bits per heavy atom. The Morgan fingerprint density at radius 1 is 1.38 bits per heavy atom. The highest BCUT2D eigenvalue weighted by molar-refractivity contribution is 7.89. The lowest BCUT2D eigenvalue weighted by molar-refractivity contribution is -0.140. The number of rotatable bonds is 4. The highest BCUT2D eigenvalue weighted by atomic mass is 32.2. The zero-order valence-corrected chi connectivity index (χ0v) is 13.2. The molecule has 116 valence electrons. The first-order chi connectivity index (χ1) is 9.75. The van der Waals surface area contributed by atoms with Crippen LogP contribution in [-0.4, -0.2) is 50.5 Å². The largest absolute Gasteiger partial charge is 0.480 e. The lowest BCUT2D eigenvalue weighted by Crippen LogP contribution is -2.40. The molecule has 1 aliphatic rings. The molecule has 0 spiro atoms. The molecule has 1 fully saturated rings. The van der Waals surface area contributed by atoms with Crippen molar-refractivity contribution in [2.45, 2.75) is 30.7 Å². The first kappa shape index (κ1) is 15.8. The van der Waals surface area contributed by atoms with Crippen LogP contribution in [0.4, 0.5) is 5.69 Å². The van der Waals surface area contributed by atoms with Gasteiger partial charge in [-0.05, 0) is 37.5 Å². The van der Waals surface area contributed by atoms with Crippen LogP contribution in [0.3, 0.4) is 0 Å². The van der Waals surface area contributed by atoms with Gasteiger partial charge in [0, 0.05) is 26.3 Å². The summed E-state index contributed by atoms with van der Waals surface area (Å²) >= 11 is 0. The van der Waals surface area contributed by atoms with Crippen LogP contribution in [0, 0.1) is 6.92 Å². The van der Waals surface area contributed by atoms with E-state index in [1.54, 1.807) is 12.1 Å². The van der Waals surface area contributed by atoms with E-state index >= 15 is 0 Å². The molecule has 1 atom stereocenters. The van der Waals surface area contributed by atoms with Crippen LogP contribution < -0.4 is 4.90 Å². The molecule has 21 heavy (non-hydrogen) atoms. The molecule has 1 saturated heterocycles. The maximum Gasteiger partial charge on any atom is 0.322 e. The van der Waals surface area contributed by atoms with Crippen LogP contribution >= 0.6 is 0 Å². The molecule has 6 nitrogen and oxygen atoms in total. The monoisotopic (exact) mass is 312 g/mol. The molecule has 0 aromatic heterocycles. The Kier molecular flexibility index (Phi) is 4.25. The number of aliphatic carboxylic acids is 1. The molecule has 0 amide bonds. The van der Waals surface area contributed by atoms with Crippen molar-refractivity contribution in [1.29, 1.82) is 0 Å². The first-order valence-electron chi connectivity index (χ1n) is 6.78. The van der Waals surface area contributed by atoms with Crippen molar-refractivity contribution in [2.75, 3.05) is 25.5 Å². The molecule has 1 aromatic rings. The third-order valence-corrected chi connectivity index (χ3v) is 5.66. The van der Waals surface area contributed by atoms with Crippen LogP contribution in [0.15, 0.2) is 23.1 Å². The normalized spacial score (nSPS) is 19.7. The molecule has 0 unspecified atom stereocenters. The second kappa shape index (κ2) is 5.65. The molecular weight excluding hydrogens is 292 g/mol. The van der Waals surface area contributed by atoms with Crippen molar-refractivity contribution in [2.24, 2.45) is 0 Å². The highest BCUT2D eigenvalue weighted by Gasteiger charge is 2.39. The maximum atomic E-state index is 12.7. The van der Waals surface area contributed by atoms with E-state index in [0.717, 1.165) is 15.6 Å². The molecule has 1 aromatic carbocycles. The first-order valence-corrected chi connectivity index (χ1v) is 8.22. The van der Waals surface area contributed by atoms with Crippen molar-refractivity contribution < 1.29 is 18.3 Å². The summed E-state index contributed by atoms with van der Waals surface area (Å²) in [5.74, 6) is -1.09. The average Bonchev–Trinajstić information content (AvgIpc) is 2.88. The van der Waals surface area contributed by atoms with E-state index in [2.05, 4.69) is 0 Å². The lowest BCUT2D eigenvalue weighted by atomic mass is 10.2. The fraction of sp³-hybridized carbons (Fsp3) is 0.500. The molecule has 7 heteroatoms. The number of hydrogen-bond acceptors (Lipinski definition) is 4. The molecule has 0 bridgehead atoms. The predicted octanol–water partition coefficient (Wildman–Crippen LogP) is 1.30. The van der Waals surface area contributed by atoms with Gasteiger partial charge in [0.15, 0.2) is 0 Å². The summed E-state index contributed by atoms with van der Waals surface area (Å²) in [7, 11) is -0.0960. The van der Waals surface area contributed by atoms with Gasteiger partial charge in [-0.15, -0.1) is 0 Å². The SMILES string of the molecule is Cc1ccc(S(=O)(=O)N2CCC[C@H]2C(=O)O)cc1N(C)C. The van der Waals surface area contributed by atoms with Crippen molar-refractivity contribution in [1.82, 2.24) is 4.31 Å². The van der Waals surface area contributed by atoms with Gasteiger partial charge in [0.1, 0.15) is 6.04 Å². The summed E-state index contributed by atoms with van der Waals surface area (Å²) in [6.45, 7) is 2.16. The van der Waals surface area contributed by atoms with Crippen molar-refractivity contribution in [3.05, 3.63) is 23.8 Å². The molecule has 0 aliphatic carbocycles. The number of nitrogens with zero attached hydrogens (tertiary/aromatic N) is 2. The molecular formula is C14H20N2O4S. The number of benzene rings is 1.